The minimum absolute atomic E-state index is 0. The molecule has 0 saturated heterocycles. The summed E-state index contributed by atoms with van der Waals surface area (Å²) >= 11 is 0. The zero-order chi connectivity index (χ0) is 87.2. The van der Waals surface area contributed by atoms with Crippen LogP contribution in [0.3, 0.4) is 0 Å². The van der Waals surface area contributed by atoms with Crippen LogP contribution < -0.4 is 82.8 Å². The fourth-order valence-electron chi connectivity index (χ4n) is 12.8. The van der Waals surface area contributed by atoms with Gasteiger partial charge >= 0.3 is 41.6 Å². The van der Waals surface area contributed by atoms with Crippen molar-refractivity contribution in [3.63, 3.8) is 0 Å². The van der Waals surface area contributed by atoms with Crippen molar-refractivity contribution in [2.24, 2.45) is 28.2 Å². The molecule has 0 bridgehead atoms. The largest absolute Gasteiger partial charge is 1.00 e. The van der Waals surface area contributed by atoms with E-state index < -0.39 is 39.9 Å². The second kappa shape index (κ2) is 51.8. The molecule has 4 aromatic carbocycles. The molecular weight excluding hydrogens is 1630 g/mol. The van der Waals surface area contributed by atoms with Gasteiger partial charge in [0.05, 0.1) is 77.4 Å². The van der Waals surface area contributed by atoms with E-state index in [1.165, 1.54) is 39.8 Å². The summed E-state index contributed by atoms with van der Waals surface area (Å²) in [7, 11) is 6.40. The molecule has 8 heterocycles. The summed E-state index contributed by atoms with van der Waals surface area (Å²) < 4.78 is 38.3. The number of carbonyl (C=O) groups excluding carboxylic acids is 2. The van der Waals surface area contributed by atoms with Gasteiger partial charge in [-0.2, -0.15) is 0 Å². The van der Waals surface area contributed by atoms with Gasteiger partial charge < -0.3 is 50.0 Å². The third-order valence-corrected chi connectivity index (χ3v) is 18.3. The Labute approximate surface area is 734 Å². The zero-order valence-corrected chi connectivity index (χ0v) is 75.3. The molecule has 35 heteroatoms. The van der Waals surface area contributed by atoms with E-state index in [0.717, 1.165) is 51.4 Å². The Morgan fingerprint density at radius 3 is 1.17 bits per heavy atom. The standard InChI is InChI=1S/C22H25N3O5.C22H27N3O4.C21H25N3O4.C15H21N3O3.C7H6O.CH2O2.Li.2H2O.Zn/c1-15(2)30-18-13-23-20-19(17(18)12-16-8-5-4-6-9-16)21(27)25(22(28)24(20)3)10-7-11-29-14-26;1-5-6-12-25-21(27)18-17(19(26)15-10-8-7-9-11-15)16(29-14(2)3)13-23-20(18)24(4)22(25)28;1-14(2)28-17-13-22-19-18(16(17)12-15-8-5-4-6-9-15)20(26)24(10-7-11-25)21(27)23(19)3;1-5-6-7-18-14(19)12-8-11(21-10(2)3)9-16-13(12)17(4)15(18)20;8-6-7-4-2-1-3-5-7;2-1-3;;;;/h4-6,8-9,13-15H,7,10-12H2,1-3H3;7-11,13-14,19,26H,5-6,12H2,1-4H3;4-6,8-9,13-14,25H,7,10-12H2,1-3H3;8-10H,5-7H2,1-4H3;1-6H;1H,(H,2,3);;2*1H2;/q;;;;;;+1;;;/p-1. The number of pyridine rings is 4. The fraction of sp³-hybridized carbons (Fsp3) is 0.375. The monoisotopic (exact) mass is 1740 g/mol. The molecule has 0 aliphatic heterocycles. The summed E-state index contributed by atoms with van der Waals surface area (Å²) in [5.74, 6) is 1.93. The van der Waals surface area contributed by atoms with Crippen molar-refractivity contribution in [3.8, 4) is 23.0 Å². The van der Waals surface area contributed by atoms with E-state index in [4.69, 9.17) is 34.0 Å². The predicted octanol–water partition coefficient (Wildman–Crippen LogP) is 5.54. The Morgan fingerprint density at radius 1 is 0.447 bits per heavy atom. The molecule has 650 valence electrons. The first-order valence-electron chi connectivity index (χ1n) is 39.2. The predicted molar refractivity (Wildman–Crippen MR) is 461 cm³/mol. The Bertz CT molecular complexity index is 5940. The number of aliphatic hydroxyl groups excluding tert-OH is 2. The van der Waals surface area contributed by atoms with Crippen LogP contribution >= 0.6 is 0 Å². The zero-order valence-electron chi connectivity index (χ0n) is 72.3. The molecule has 8 aromatic heterocycles. The van der Waals surface area contributed by atoms with Crippen molar-refractivity contribution in [2.45, 2.75) is 177 Å². The number of aliphatic hydroxyl groups is 2. The normalized spacial score (nSPS) is 10.8. The summed E-state index contributed by atoms with van der Waals surface area (Å²) in [5.41, 5.74) is 3.15. The second-order valence-corrected chi connectivity index (χ2v) is 28.6. The molecule has 123 heavy (non-hydrogen) atoms. The molecule has 1 atom stereocenters. The number of ether oxygens (including phenoxy) is 5. The van der Waals surface area contributed by atoms with Crippen molar-refractivity contribution in [2.75, 3.05) is 13.2 Å². The number of carbonyl (C=O) groups is 3. The fourth-order valence-corrected chi connectivity index (χ4v) is 12.8. The summed E-state index contributed by atoms with van der Waals surface area (Å²) in [5, 5.41) is 28.6. The molecule has 6 N–H and O–H groups in total. The van der Waals surface area contributed by atoms with Crippen LogP contribution in [0.4, 0.5) is 0 Å². The van der Waals surface area contributed by atoms with Crippen molar-refractivity contribution >= 4 is 63.4 Å². The maximum atomic E-state index is 13.4. The van der Waals surface area contributed by atoms with Crippen LogP contribution in [0.1, 0.15) is 158 Å². The molecule has 0 spiro atoms. The number of hydrogen-bond donors (Lipinski definition) is 3. The van der Waals surface area contributed by atoms with Crippen LogP contribution in [0.2, 0.25) is 0 Å². The van der Waals surface area contributed by atoms with E-state index in [2.05, 4.69) is 24.7 Å². The van der Waals surface area contributed by atoms with Gasteiger partial charge in [0.2, 0.25) is 0 Å². The van der Waals surface area contributed by atoms with Crippen molar-refractivity contribution in [3.05, 3.63) is 274 Å². The van der Waals surface area contributed by atoms with Crippen molar-refractivity contribution in [1.82, 2.24) is 56.5 Å². The van der Waals surface area contributed by atoms with Crippen LogP contribution in [0.25, 0.3) is 44.1 Å². The van der Waals surface area contributed by atoms with Gasteiger partial charge in [-0.15, -0.1) is 0 Å². The molecule has 0 saturated carbocycles. The van der Waals surface area contributed by atoms with Crippen LogP contribution in [-0.2, 0) is 101 Å². The molecule has 0 radical (unpaired) electrons. The van der Waals surface area contributed by atoms with E-state index >= 15 is 0 Å². The molecule has 12 aromatic rings. The van der Waals surface area contributed by atoms with Gasteiger partial charge in [-0.1, -0.05) is 148 Å². The summed E-state index contributed by atoms with van der Waals surface area (Å²) in [6.45, 7) is 20.3. The first-order valence-corrected chi connectivity index (χ1v) is 39.2. The number of rotatable bonds is 29. The topological polar surface area (TPSA) is 447 Å². The molecule has 0 aliphatic rings. The first kappa shape index (κ1) is 105. The van der Waals surface area contributed by atoms with Crippen LogP contribution in [0.15, 0.2) is 191 Å². The maximum absolute atomic E-state index is 13.4. The third-order valence-electron chi connectivity index (χ3n) is 18.3. The van der Waals surface area contributed by atoms with E-state index in [1.807, 2.05) is 166 Å². The second-order valence-electron chi connectivity index (χ2n) is 28.6. The Hall–Kier alpha value is -11.9. The molecule has 0 amide bonds. The number of fused-ring (bicyclic) bond motifs is 4. The van der Waals surface area contributed by atoms with E-state index in [9.17, 15) is 53.1 Å². The molecule has 0 fully saturated rings. The molecule has 1 unspecified atom stereocenters. The van der Waals surface area contributed by atoms with Crippen LogP contribution in [-0.4, -0.2) is 140 Å². The van der Waals surface area contributed by atoms with Crippen LogP contribution in [0.5, 0.6) is 23.0 Å². The minimum Gasteiger partial charge on any atom is -0.870 e. The van der Waals surface area contributed by atoms with Gasteiger partial charge in [-0.25, -0.2) is 39.1 Å². The average Bonchev–Trinajstić information content (AvgIpc) is 0.738. The number of benzene rings is 4. The SMILES string of the molecule is CC(C)Oc1cnc2c(c1Cc1ccccc1)c(=O)n(CCCO)c(=O)n2C.CC(C)Oc1cnc2c(c1Cc1ccccc1)c(=O)n(CCCOC=O)c(=O)n2C.CCCCn1c(=O)c2c(C(O)c3ccccc3)c(OC(C)C)cnc2n(C)c1=O.CCCCn1c(=O)c2cc(OC(C)C)cnc2n(C)c1=O.O.O=CO.O=Cc1ccccc1.[Li+].[OH-].[Zn]. The Morgan fingerprint density at radius 2 is 0.789 bits per heavy atom. The molecule has 33 nitrogen and oxygen atoms in total. The van der Waals surface area contributed by atoms with Crippen molar-refractivity contribution in [1.29, 1.82) is 0 Å². The van der Waals surface area contributed by atoms with E-state index in [-0.39, 0.29) is 129 Å². The quantitative estimate of drug-likeness (QED) is 0.0294. The van der Waals surface area contributed by atoms with Crippen molar-refractivity contribution < 1.29 is 103 Å². The minimum atomic E-state index is -1.10. The number of aromatic nitrogens is 12. The van der Waals surface area contributed by atoms with Crippen LogP contribution in [0, 0.1) is 0 Å². The van der Waals surface area contributed by atoms with Gasteiger partial charge in [-0.3, -0.25) is 70.1 Å². The van der Waals surface area contributed by atoms with Gasteiger partial charge in [0.15, 0.2) is 0 Å². The molecular formula is C88H109LiN12O21Zn. The van der Waals surface area contributed by atoms with E-state index in [1.54, 1.807) is 70.9 Å². The average molecular weight is 1740 g/mol. The summed E-state index contributed by atoms with van der Waals surface area (Å²) in [6.07, 6.45) is 10.4. The van der Waals surface area contributed by atoms with Gasteiger partial charge in [0, 0.05) is 116 Å². The first-order chi connectivity index (χ1) is 57.0. The number of nitrogens with zero attached hydrogens (tertiary/aromatic N) is 12. The number of hydrogen-bond acceptors (Lipinski definition) is 23. The summed E-state index contributed by atoms with van der Waals surface area (Å²) in [6, 6.07) is 39.4. The number of aldehydes is 1. The maximum Gasteiger partial charge on any atom is 1.00 e. The number of carboxylic acid groups (broad SMARTS) is 1. The molecule has 0 aliphatic carbocycles. The number of unbranched alkanes of at least 4 members (excludes halogenated alkanes) is 2. The Kier molecular flexibility index (Phi) is 44.3. The third kappa shape index (κ3) is 27.6. The summed E-state index contributed by atoms with van der Waals surface area (Å²) in [4.78, 5) is 149. The van der Waals surface area contributed by atoms with Gasteiger partial charge in [0.25, 0.3) is 35.2 Å². The van der Waals surface area contributed by atoms with Gasteiger partial charge in [-0.05, 0) is 104 Å². The van der Waals surface area contributed by atoms with E-state index in [0.29, 0.717) is 130 Å². The van der Waals surface area contributed by atoms with Gasteiger partial charge in [0.1, 0.15) is 58.0 Å². The smallest absolute Gasteiger partial charge is 0.870 e. The molecule has 12 rings (SSSR count). The Balaban J connectivity index is 0.000000404. The number of aryl methyl sites for hydroxylation is 4.